The Bertz CT molecular complexity index is 1610. The molecule has 2 N–H and O–H groups in total. The molecule has 42 heavy (non-hydrogen) atoms. The fourth-order valence-corrected chi connectivity index (χ4v) is 6.24. The van der Waals surface area contributed by atoms with E-state index in [-0.39, 0.29) is 36.4 Å². The number of halogens is 1. The second kappa shape index (κ2) is 14.3. The van der Waals surface area contributed by atoms with Crippen molar-refractivity contribution in [1.82, 2.24) is 14.9 Å². The number of sulfonamides is 1. The van der Waals surface area contributed by atoms with E-state index in [1.165, 1.54) is 11.2 Å². The Morgan fingerprint density at radius 1 is 0.786 bits per heavy atom. The van der Waals surface area contributed by atoms with Crippen LogP contribution in [0, 0.1) is 0 Å². The Morgan fingerprint density at radius 3 is 1.95 bits per heavy atom. The van der Waals surface area contributed by atoms with Crippen LogP contribution in [0.2, 0.25) is 5.02 Å². The van der Waals surface area contributed by atoms with Crippen molar-refractivity contribution in [1.29, 1.82) is 0 Å². The summed E-state index contributed by atoms with van der Waals surface area (Å²) in [5, 5.41) is 6.16. The maximum Gasteiger partial charge on any atom is 0.243 e. The van der Waals surface area contributed by atoms with Gasteiger partial charge in [0.05, 0.1) is 11.4 Å². The van der Waals surface area contributed by atoms with Gasteiger partial charge in [0, 0.05) is 37.1 Å². The van der Waals surface area contributed by atoms with Crippen molar-refractivity contribution >= 4 is 33.4 Å². The van der Waals surface area contributed by atoms with Crippen LogP contribution in [-0.4, -0.2) is 37.6 Å². The van der Waals surface area contributed by atoms with Crippen LogP contribution in [0.25, 0.3) is 11.1 Å². The number of nitrogens with zero attached hydrogens (tertiary/aromatic N) is 1. The van der Waals surface area contributed by atoms with Gasteiger partial charge >= 0.3 is 0 Å². The average molecular weight is 604 g/mol. The molecule has 0 saturated carbocycles. The monoisotopic (exact) mass is 603 g/mol. The van der Waals surface area contributed by atoms with Crippen LogP contribution < -0.4 is 10.6 Å². The van der Waals surface area contributed by atoms with E-state index in [1.54, 1.807) is 30.3 Å². The van der Waals surface area contributed by atoms with Crippen molar-refractivity contribution in [3.8, 4) is 11.1 Å². The van der Waals surface area contributed by atoms with Crippen LogP contribution in [0.5, 0.6) is 0 Å². The lowest BCUT2D eigenvalue weighted by Gasteiger charge is -2.25. The Balaban J connectivity index is 1.50. The molecule has 0 bridgehead atoms. The van der Waals surface area contributed by atoms with Crippen molar-refractivity contribution in [2.75, 3.05) is 13.1 Å². The highest BCUT2D eigenvalue weighted by Gasteiger charge is 2.28. The number of hydrogen-bond acceptors (Lipinski definition) is 4. The Morgan fingerprint density at radius 2 is 1.36 bits per heavy atom. The molecule has 0 aromatic heterocycles. The van der Waals surface area contributed by atoms with Crippen molar-refractivity contribution < 1.29 is 18.0 Å². The van der Waals surface area contributed by atoms with Crippen LogP contribution >= 0.6 is 11.6 Å². The number of rotatable bonds is 12. The topological polar surface area (TPSA) is 95.6 Å². The molecule has 0 aliphatic carbocycles. The third-order valence-corrected chi connectivity index (χ3v) is 9.05. The molecule has 9 heteroatoms. The van der Waals surface area contributed by atoms with Crippen molar-refractivity contribution in [3.63, 3.8) is 0 Å². The Hall–Kier alpha value is -3.98. The molecule has 0 heterocycles. The molecule has 2 amide bonds. The number of hydrogen-bond donors (Lipinski definition) is 2. The van der Waals surface area contributed by atoms with E-state index >= 15 is 0 Å². The van der Waals surface area contributed by atoms with Gasteiger partial charge in [0.25, 0.3) is 0 Å². The fraction of sp³-hybridized carbons (Fsp3) is 0.212. The second-order valence-electron chi connectivity index (χ2n) is 10.1. The summed E-state index contributed by atoms with van der Waals surface area (Å²) in [5.41, 5.74) is 4.38. The van der Waals surface area contributed by atoms with Gasteiger partial charge in [-0.2, -0.15) is 4.31 Å². The molecule has 7 nitrogen and oxygen atoms in total. The van der Waals surface area contributed by atoms with Gasteiger partial charge in [0.15, 0.2) is 0 Å². The predicted octanol–water partition coefficient (Wildman–Crippen LogP) is 5.75. The molecule has 0 saturated heterocycles. The van der Waals surface area contributed by atoms with Crippen LogP contribution in [0.3, 0.4) is 0 Å². The summed E-state index contributed by atoms with van der Waals surface area (Å²) in [4.78, 5) is 24.3. The zero-order valence-electron chi connectivity index (χ0n) is 23.6. The lowest BCUT2D eigenvalue weighted by atomic mass is 10.0. The average Bonchev–Trinajstić information content (AvgIpc) is 3.00. The fourth-order valence-electron chi connectivity index (χ4n) is 4.51. The largest absolute Gasteiger partial charge is 0.352 e. The highest BCUT2D eigenvalue weighted by atomic mass is 35.5. The highest BCUT2D eigenvalue weighted by Crippen LogP contribution is 2.29. The van der Waals surface area contributed by atoms with E-state index in [0.29, 0.717) is 11.6 Å². The zero-order chi connectivity index (χ0) is 30.1. The molecule has 1 atom stereocenters. The van der Waals surface area contributed by atoms with E-state index in [1.807, 2.05) is 79.7 Å². The first-order chi connectivity index (χ1) is 20.1. The zero-order valence-corrected chi connectivity index (χ0v) is 25.2. The molecule has 0 unspecified atom stereocenters. The Labute approximate surface area is 252 Å². The molecule has 0 aliphatic rings. The van der Waals surface area contributed by atoms with E-state index in [2.05, 4.69) is 10.6 Å². The summed E-state index contributed by atoms with van der Waals surface area (Å²) in [7, 11) is -4.01. The molecule has 4 aromatic carbocycles. The normalized spacial score (nSPS) is 12.1. The van der Waals surface area contributed by atoms with Gasteiger partial charge in [-0.15, -0.1) is 0 Å². The molecule has 0 radical (unpaired) electrons. The minimum atomic E-state index is -4.01. The summed E-state index contributed by atoms with van der Waals surface area (Å²) >= 11 is 6.33. The lowest BCUT2D eigenvalue weighted by molar-refractivity contribution is -0.121. The number of amides is 2. The van der Waals surface area contributed by atoms with E-state index in [4.69, 9.17) is 11.6 Å². The first-order valence-corrected chi connectivity index (χ1v) is 15.4. The molecule has 4 aromatic rings. The molecule has 0 fully saturated rings. The van der Waals surface area contributed by atoms with Gasteiger partial charge in [-0.1, -0.05) is 103 Å². The Kier molecular flexibility index (Phi) is 10.5. The third-order valence-electron chi connectivity index (χ3n) is 6.90. The smallest absolute Gasteiger partial charge is 0.243 e. The number of carbonyl (C=O) groups excluding carboxylic acids is 2. The van der Waals surface area contributed by atoms with Crippen LogP contribution in [0.4, 0.5) is 0 Å². The molecule has 0 aliphatic heterocycles. The second-order valence-corrected chi connectivity index (χ2v) is 12.5. The van der Waals surface area contributed by atoms with Gasteiger partial charge in [0.2, 0.25) is 21.8 Å². The van der Waals surface area contributed by atoms with Gasteiger partial charge in [-0.05, 0) is 46.4 Å². The number of nitrogens with one attached hydrogen (secondary N) is 2. The maximum absolute atomic E-state index is 13.9. The van der Waals surface area contributed by atoms with Gasteiger partial charge in [-0.3, -0.25) is 9.59 Å². The molecule has 0 spiro atoms. The van der Waals surface area contributed by atoms with Crippen LogP contribution in [0.1, 0.15) is 36.5 Å². The minimum absolute atomic E-state index is 0.0983. The van der Waals surface area contributed by atoms with Crippen LogP contribution in [0.15, 0.2) is 108 Å². The lowest BCUT2D eigenvalue weighted by Crippen LogP contribution is -2.42. The summed E-state index contributed by atoms with van der Waals surface area (Å²) < 4.78 is 29.0. The summed E-state index contributed by atoms with van der Waals surface area (Å²) in [6, 6.07) is 31.0. The molecule has 218 valence electrons. The van der Waals surface area contributed by atoms with Gasteiger partial charge < -0.3 is 10.6 Å². The number of benzene rings is 4. The first-order valence-electron chi connectivity index (χ1n) is 13.6. The van der Waals surface area contributed by atoms with Gasteiger partial charge in [0.1, 0.15) is 0 Å². The standard InChI is InChI=1S/C33H34ClN3O4S/c1-24(28-8-4-3-5-9-28)22-37(23-33(39)36-21-27-14-12-26(13-15-27)20-35-25(2)38)42(40,41)30-18-16-29(17-19-30)31-10-6-7-11-32(31)34/h3-19,24H,20-23H2,1-2H3,(H,35,38)(H,36,39)/t24-/m1/s1. The maximum atomic E-state index is 13.9. The molecular weight excluding hydrogens is 570 g/mol. The van der Waals surface area contributed by atoms with Gasteiger partial charge in [-0.25, -0.2) is 8.42 Å². The predicted molar refractivity (Wildman–Crippen MR) is 166 cm³/mol. The van der Waals surface area contributed by atoms with Crippen molar-refractivity contribution in [2.24, 2.45) is 0 Å². The van der Waals surface area contributed by atoms with E-state index < -0.39 is 15.9 Å². The quantitative estimate of drug-likeness (QED) is 0.215. The van der Waals surface area contributed by atoms with Crippen molar-refractivity contribution in [3.05, 3.63) is 125 Å². The summed E-state index contributed by atoms with van der Waals surface area (Å²) in [5.74, 6) is -0.662. The minimum Gasteiger partial charge on any atom is -0.352 e. The third kappa shape index (κ3) is 8.28. The number of carbonyl (C=O) groups is 2. The molecule has 4 rings (SSSR count). The highest BCUT2D eigenvalue weighted by molar-refractivity contribution is 7.89. The van der Waals surface area contributed by atoms with Crippen LogP contribution in [-0.2, 0) is 32.7 Å². The summed E-state index contributed by atoms with van der Waals surface area (Å²) in [6.07, 6.45) is 0. The SMILES string of the molecule is CC(=O)NCc1ccc(CNC(=O)CN(C[C@@H](C)c2ccccc2)S(=O)(=O)c2ccc(-c3ccccc3Cl)cc2)cc1. The van der Waals surface area contributed by atoms with E-state index in [0.717, 1.165) is 27.8 Å². The first kappa shape index (κ1) is 31.0. The van der Waals surface area contributed by atoms with E-state index in [9.17, 15) is 18.0 Å². The molecular formula is C33H34ClN3O4S. The van der Waals surface area contributed by atoms with Crippen molar-refractivity contribution in [2.45, 2.75) is 37.8 Å². The summed E-state index contributed by atoms with van der Waals surface area (Å²) in [6.45, 7) is 3.88.